The third-order valence-corrected chi connectivity index (χ3v) is 6.58. The van der Waals surface area contributed by atoms with Crippen molar-refractivity contribution >= 4 is 22.5 Å². The van der Waals surface area contributed by atoms with Crippen LogP contribution in [0.25, 0.3) is 22.2 Å². The topological polar surface area (TPSA) is 135 Å². The summed E-state index contributed by atoms with van der Waals surface area (Å²) in [6, 6.07) is 15.4. The van der Waals surface area contributed by atoms with Crippen molar-refractivity contribution in [3.05, 3.63) is 98.1 Å². The molecule has 5 heterocycles. The van der Waals surface area contributed by atoms with Crippen LogP contribution in [0.4, 0.5) is 11.6 Å². The molecule has 0 saturated carbocycles. The number of pyridine rings is 1. The highest BCUT2D eigenvalue weighted by Gasteiger charge is 2.35. The predicted octanol–water partition coefficient (Wildman–Crippen LogP) is 3.34. The van der Waals surface area contributed by atoms with Gasteiger partial charge in [-0.15, -0.1) is 0 Å². The van der Waals surface area contributed by atoms with E-state index in [4.69, 9.17) is 14.5 Å². The summed E-state index contributed by atoms with van der Waals surface area (Å²) in [5.74, 6) is 1.42. The number of hydrogen-bond donors (Lipinski definition) is 3. The first-order valence-electron chi connectivity index (χ1n) is 11.3. The van der Waals surface area contributed by atoms with Crippen LogP contribution in [0.5, 0.6) is 11.5 Å². The number of aromatic nitrogens is 5. The van der Waals surface area contributed by atoms with Gasteiger partial charge in [0.15, 0.2) is 11.5 Å². The lowest BCUT2D eigenvalue weighted by atomic mass is 9.82. The Hall–Kier alpha value is -4.99. The number of hydrogen-bond acceptors (Lipinski definition) is 8. The molecule has 10 nitrogen and oxygen atoms in total. The summed E-state index contributed by atoms with van der Waals surface area (Å²) in [7, 11) is 0. The van der Waals surface area contributed by atoms with Gasteiger partial charge in [-0.05, 0) is 24.6 Å². The quantitative estimate of drug-likeness (QED) is 0.345. The van der Waals surface area contributed by atoms with Crippen molar-refractivity contribution in [1.82, 2.24) is 24.9 Å². The maximum atomic E-state index is 13.2. The maximum absolute atomic E-state index is 13.2. The number of nitrogens with zero attached hydrogens (tertiary/aromatic N) is 3. The lowest BCUT2D eigenvalue weighted by Crippen LogP contribution is -2.32. The fourth-order valence-corrected chi connectivity index (χ4v) is 5.07. The van der Waals surface area contributed by atoms with Crippen LogP contribution >= 0.6 is 0 Å². The molecule has 176 valence electrons. The molecule has 0 spiro atoms. The van der Waals surface area contributed by atoms with E-state index in [1.54, 1.807) is 0 Å². The van der Waals surface area contributed by atoms with Crippen molar-refractivity contribution in [2.24, 2.45) is 0 Å². The van der Waals surface area contributed by atoms with Gasteiger partial charge in [-0.25, -0.2) is 19.7 Å². The van der Waals surface area contributed by atoms with Gasteiger partial charge in [0.05, 0.1) is 22.5 Å². The van der Waals surface area contributed by atoms with Gasteiger partial charge in [-0.1, -0.05) is 36.4 Å². The normalized spacial score (nSPS) is 15.3. The molecule has 0 fully saturated rings. The molecule has 3 aromatic heterocycles. The Morgan fingerprint density at radius 2 is 1.78 bits per heavy atom. The van der Waals surface area contributed by atoms with Gasteiger partial charge in [0, 0.05) is 22.4 Å². The predicted molar refractivity (Wildman–Crippen MR) is 132 cm³/mol. The zero-order chi connectivity index (χ0) is 24.4. The van der Waals surface area contributed by atoms with Crippen LogP contribution in [0.1, 0.15) is 28.3 Å². The summed E-state index contributed by atoms with van der Waals surface area (Å²) in [5.41, 5.74) is 3.79. The van der Waals surface area contributed by atoms with Crippen LogP contribution in [0.3, 0.4) is 0 Å². The van der Waals surface area contributed by atoms with Crippen molar-refractivity contribution in [2.75, 3.05) is 12.1 Å². The molecule has 2 aliphatic rings. The van der Waals surface area contributed by atoms with Crippen LogP contribution in [0.15, 0.2) is 64.4 Å². The Morgan fingerprint density at radius 1 is 0.944 bits per heavy atom. The number of aryl methyl sites for hydroxylation is 1. The smallest absolute Gasteiger partial charge is 0.327 e. The monoisotopic (exact) mass is 478 g/mol. The summed E-state index contributed by atoms with van der Waals surface area (Å²) in [6.07, 6.45) is 1.52. The van der Waals surface area contributed by atoms with Crippen LogP contribution < -0.4 is 26.0 Å². The first-order chi connectivity index (χ1) is 17.6. The number of benzene rings is 2. The second kappa shape index (κ2) is 7.51. The van der Waals surface area contributed by atoms with Gasteiger partial charge in [0.25, 0.3) is 5.56 Å². The van der Waals surface area contributed by atoms with Gasteiger partial charge in [0.1, 0.15) is 18.0 Å². The summed E-state index contributed by atoms with van der Waals surface area (Å²) < 4.78 is 11.1. The number of aromatic amines is 2. The van der Waals surface area contributed by atoms with Crippen molar-refractivity contribution in [3.63, 3.8) is 0 Å². The SMILES string of the molecule is Cc1nc2c(c3ncnc(-c4ccccc4)c13)C(c1ccc3c(c1)OCO3)c1c([nH]c(=O)[nH]c1=O)N2. The van der Waals surface area contributed by atoms with Gasteiger partial charge in [-0.3, -0.25) is 14.8 Å². The highest BCUT2D eigenvalue weighted by atomic mass is 16.7. The standard InChI is InChI=1S/C26H18N6O4/c1-12-17-21(13-5-3-2-4-6-13)27-10-28-22(17)19-18(14-7-8-15-16(9-14)36-11-35-15)20-24(30-23(19)29-12)31-26(34)32-25(20)33/h2-10,18H,11H2,1H3,(H3,29,30,31,32,33,34). The fourth-order valence-electron chi connectivity index (χ4n) is 5.07. The number of ether oxygens (including phenoxy) is 2. The third kappa shape index (κ3) is 2.94. The Balaban J connectivity index is 1.58. The highest BCUT2D eigenvalue weighted by molar-refractivity contribution is 5.99. The molecule has 0 bridgehead atoms. The van der Waals surface area contributed by atoms with Crippen LogP contribution in [-0.4, -0.2) is 31.7 Å². The molecule has 0 saturated heterocycles. The average Bonchev–Trinajstić information content (AvgIpc) is 3.35. The van der Waals surface area contributed by atoms with Crippen LogP contribution in [-0.2, 0) is 0 Å². The Labute approximate surface area is 203 Å². The number of nitrogens with one attached hydrogen (secondary N) is 3. The largest absolute Gasteiger partial charge is 0.454 e. The fraction of sp³-hybridized carbons (Fsp3) is 0.115. The van der Waals surface area contributed by atoms with E-state index in [0.29, 0.717) is 39.8 Å². The minimum atomic E-state index is -0.606. The molecule has 0 aliphatic carbocycles. The second-order valence-corrected chi connectivity index (χ2v) is 8.64. The lowest BCUT2D eigenvalue weighted by Gasteiger charge is -2.29. The van der Waals surface area contributed by atoms with Gasteiger partial charge in [0.2, 0.25) is 6.79 Å². The lowest BCUT2D eigenvalue weighted by molar-refractivity contribution is 0.174. The van der Waals surface area contributed by atoms with E-state index in [9.17, 15) is 9.59 Å². The Morgan fingerprint density at radius 3 is 2.64 bits per heavy atom. The van der Waals surface area contributed by atoms with Gasteiger partial charge in [-0.2, -0.15) is 0 Å². The van der Waals surface area contributed by atoms with E-state index in [-0.39, 0.29) is 6.79 Å². The molecule has 5 aromatic rings. The van der Waals surface area contributed by atoms with Crippen molar-refractivity contribution in [3.8, 4) is 22.8 Å². The molecule has 1 atom stereocenters. The molecule has 7 rings (SSSR count). The molecule has 0 amide bonds. The van der Waals surface area contributed by atoms with Crippen molar-refractivity contribution in [2.45, 2.75) is 12.8 Å². The van der Waals surface area contributed by atoms with E-state index in [1.165, 1.54) is 6.33 Å². The van der Waals surface area contributed by atoms with Gasteiger partial charge >= 0.3 is 5.69 Å². The van der Waals surface area contributed by atoms with E-state index in [0.717, 1.165) is 27.9 Å². The summed E-state index contributed by atoms with van der Waals surface area (Å²) >= 11 is 0. The minimum absolute atomic E-state index is 0.128. The number of anilines is 2. The third-order valence-electron chi connectivity index (χ3n) is 6.58. The molecule has 2 aliphatic heterocycles. The molecule has 3 N–H and O–H groups in total. The highest BCUT2D eigenvalue weighted by Crippen LogP contribution is 2.47. The molecule has 10 heteroatoms. The minimum Gasteiger partial charge on any atom is -0.454 e. The van der Waals surface area contributed by atoms with Crippen LogP contribution in [0, 0.1) is 6.92 Å². The van der Waals surface area contributed by atoms with E-state index in [2.05, 4.69) is 25.3 Å². The summed E-state index contributed by atoms with van der Waals surface area (Å²) in [4.78, 5) is 44.5. The number of fused-ring (bicyclic) bond motifs is 5. The van der Waals surface area contributed by atoms with Crippen LogP contribution in [0.2, 0.25) is 0 Å². The first-order valence-corrected chi connectivity index (χ1v) is 11.3. The van der Waals surface area contributed by atoms with Gasteiger partial charge < -0.3 is 14.8 Å². The zero-order valence-electron chi connectivity index (χ0n) is 19.0. The summed E-state index contributed by atoms with van der Waals surface area (Å²) in [6.45, 7) is 2.02. The van der Waals surface area contributed by atoms with E-state index < -0.39 is 17.2 Å². The molecule has 36 heavy (non-hydrogen) atoms. The number of rotatable bonds is 2. The van der Waals surface area contributed by atoms with Crippen molar-refractivity contribution in [1.29, 1.82) is 0 Å². The number of H-pyrrole nitrogens is 2. The molecule has 2 aromatic carbocycles. The molecular weight excluding hydrogens is 460 g/mol. The molecule has 0 radical (unpaired) electrons. The first kappa shape index (κ1) is 20.4. The van der Waals surface area contributed by atoms with E-state index in [1.807, 2.05) is 55.5 Å². The zero-order valence-corrected chi connectivity index (χ0v) is 19.0. The molecule has 1 unspecified atom stereocenters. The maximum Gasteiger partial charge on any atom is 0.327 e. The second-order valence-electron chi connectivity index (χ2n) is 8.64. The molecular formula is C26H18N6O4. The van der Waals surface area contributed by atoms with E-state index >= 15 is 0 Å². The average molecular weight is 478 g/mol. The Bertz CT molecular complexity index is 1810. The Kier molecular flexibility index (Phi) is 4.25. The summed E-state index contributed by atoms with van der Waals surface area (Å²) in [5, 5.41) is 3.95. The van der Waals surface area contributed by atoms with Crippen molar-refractivity contribution < 1.29 is 9.47 Å².